The van der Waals surface area contributed by atoms with Gasteiger partial charge >= 0.3 is 5.69 Å². The van der Waals surface area contributed by atoms with Crippen molar-refractivity contribution in [1.29, 1.82) is 0 Å². The highest BCUT2D eigenvalue weighted by Crippen LogP contribution is 2.47. The molecule has 6 rings (SSSR count). The van der Waals surface area contributed by atoms with Crippen LogP contribution in [0.25, 0.3) is 28.0 Å². The number of hydrogen-bond donors (Lipinski definition) is 1. The molecule has 1 saturated heterocycles. The van der Waals surface area contributed by atoms with Gasteiger partial charge in [-0.2, -0.15) is 4.98 Å². The summed E-state index contributed by atoms with van der Waals surface area (Å²) < 4.78 is 22.8. The molecule has 9 nitrogen and oxygen atoms in total. The number of fused-ring (bicyclic) bond motifs is 2. The summed E-state index contributed by atoms with van der Waals surface area (Å²) in [5, 5.41) is 11.1. The number of halogens is 2. The highest BCUT2D eigenvalue weighted by atomic mass is 35.5. The zero-order chi connectivity index (χ0) is 26.7. The third-order valence-corrected chi connectivity index (χ3v) is 7.61. The van der Waals surface area contributed by atoms with Crippen LogP contribution in [0.15, 0.2) is 29.3 Å². The Morgan fingerprint density at radius 1 is 1.21 bits per heavy atom. The van der Waals surface area contributed by atoms with Crippen molar-refractivity contribution >= 4 is 28.5 Å². The maximum Gasteiger partial charge on any atom is 0.355 e. The lowest BCUT2D eigenvalue weighted by molar-refractivity contribution is 0.267. The smallest absolute Gasteiger partial charge is 0.355 e. The van der Waals surface area contributed by atoms with Crippen molar-refractivity contribution in [1.82, 2.24) is 24.5 Å². The standard InChI is InChI=1S/C27H26ClFN6O3/c1-13(2)21-23(14(3)30-12-31-21)35-26-19-24(20(28)22(32-26)18-16(29)8-6-9-17(18)36)38-11-15-7-4-5-10-34(15)25(19)33-27(35)37/h6,8-9,12-13,15,36H,4-5,7,10-11H2,1-3H3/t15-/m1/s1. The van der Waals surface area contributed by atoms with Crippen molar-refractivity contribution in [3.63, 3.8) is 0 Å². The second-order valence-corrected chi connectivity index (χ2v) is 10.4. The van der Waals surface area contributed by atoms with Gasteiger partial charge in [0.25, 0.3) is 0 Å². The van der Waals surface area contributed by atoms with Gasteiger partial charge in [0.1, 0.15) is 46.4 Å². The molecule has 0 unspecified atom stereocenters. The summed E-state index contributed by atoms with van der Waals surface area (Å²) in [5.74, 6) is -0.392. The highest BCUT2D eigenvalue weighted by molar-refractivity contribution is 6.36. The molecule has 196 valence electrons. The third kappa shape index (κ3) is 3.69. The molecular formula is C27H26ClFN6O3. The van der Waals surface area contributed by atoms with E-state index in [1.807, 2.05) is 13.8 Å². The number of aryl methyl sites for hydroxylation is 1. The molecule has 2 aliphatic rings. The van der Waals surface area contributed by atoms with Crippen LogP contribution in [0.2, 0.25) is 5.02 Å². The number of phenolic OH excluding ortho intramolecular Hbond substituents is 1. The maximum absolute atomic E-state index is 15.1. The van der Waals surface area contributed by atoms with E-state index in [9.17, 15) is 9.90 Å². The van der Waals surface area contributed by atoms with Gasteiger partial charge in [-0.05, 0) is 44.2 Å². The Morgan fingerprint density at radius 2 is 2.03 bits per heavy atom. The lowest BCUT2D eigenvalue weighted by Crippen LogP contribution is -2.43. The summed E-state index contributed by atoms with van der Waals surface area (Å²) in [6.45, 7) is 6.74. The van der Waals surface area contributed by atoms with Gasteiger partial charge in [-0.25, -0.2) is 28.7 Å². The fourth-order valence-electron chi connectivity index (χ4n) is 5.45. The first-order valence-electron chi connectivity index (χ1n) is 12.6. The molecule has 0 aliphatic carbocycles. The molecule has 1 aromatic carbocycles. The van der Waals surface area contributed by atoms with Gasteiger partial charge in [-0.1, -0.05) is 31.5 Å². The van der Waals surface area contributed by atoms with Crippen LogP contribution in [0, 0.1) is 12.7 Å². The number of nitrogens with zero attached hydrogens (tertiary/aromatic N) is 6. The Labute approximate surface area is 222 Å². The zero-order valence-corrected chi connectivity index (χ0v) is 22.0. The van der Waals surface area contributed by atoms with E-state index in [1.54, 1.807) is 6.92 Å². The average molecular weight is 537 g/mol. The van der Waals surface area contributed by atoms with E-state index in [-0.39, 0.29) is 45.4 Å². The summed E-state index contributed by atoms with van der Waals surface area (Å²) in [4.78, 5) is 34.1. The van der Waals surface area contributed by atoms with Crippen molar-refractivity contribution in [3.05, 3.63) is 57.2 Å². The van der Waals surface area contributed by atoms with Gasteiger partial charge in [0.2, 0.25) is 0 Å². The van der Waals surface area contributed by atoms with Crippen LogP contribution in [0.4, 0.5) is 10.2 Å². The topological polar surface area (TPSA) is 106 Å². The number of aromatic nitrogens is 5. The monoisotopic (exact) mass is 536 g/mol. The van der Waals surface area contributed by atoms with E-state index in [1.165, 1.54) is 29.1 Å². The summed E-state index contributed by atoms with van der Waals surface area (Å²) in [6, 6.07) is 3.96. The number of benzene rings is 1. The Bertz CT molecular complexity index is 1640. The predicted octanol–water partition coefficient (Wildman–Crippen LogP) is 4.92. The molecule has 11 heteroatoms. The van der Waals surface area contributed by atoms with Crippen LogP contribution < -0.4 is 15.3 Å². The van der Waals surface area contributed by atoms with Crippen molar-refractivity contribution < 1.29 is 14.2 Å². The number of ether oxygens (including phenoxy) is 1. The number of rotatable bonds is 3. The number of phenols is 1. The molecule has 1 fully saturated rings. The predicted molar refractivity (Wildman–Crippen MR) is 142 cm³/mol. The molecule has 2 aliphatic heterocycles. The number of hydrogen-bond acceptors (Lipinski definition) is 8. The number of piperidine rings is 1. The van der Waals surface area contributed by atoms with E-state index in [0.717, 1.165) is 19.3 Å². The third-order valence-electron chi connectivity index (χ3n) is 7.26. The minimum Gasteiger partial charge on any atom is -0.507 e. The quantitative estimate of drug-likeness (QED) is 0.393. The largest absolute Gasteiger partial charge is 0.507 e. The Morgan fingerprint density at radius 3 is 2.79 bits per heavy atom. The van der Waals surface area contributed by atoms with Crippen molar-refractivity contribution in [2.45, 2.75) is 52.0 Å². The summed E-state index contributed by atoms with van der Waals surface area (Å²) in [7, 11) is 0. The molecular weight excluding hydrogens is 511 g/mol. The molecule has 1 atom stereocenters. The molecule has 0 spiro atoms. The Kier molecular flexibility index (Phi) is 5.94. The first kappa shape index (κ1) is 24.5. The van der Waals surface area contributed by atoms with Crippen molar-refractivity contribution in [2.75, 3.05) is 18.1 Å². The first-order chi connectivity index (χ1) is 18.3. The number of pyridine rings is 1. The molecule has 1 N–H and O–H groups in total. The van der Waals surface area contributed by atoms with E-state index in [2.05, 4.69) is 19.9 Å². The molecule has 3 aromatic heterocycles. The fraction of sp³-hybridized carbons (Fsp3) is 0.370. The van der Waals surface area contributed by atoms with Crippen LogP contribution >= 0.6 is 11.6 Å². The number of aromatic hydroxyl groups is 1. The van der Waals surface area contributed by atoms with E-state index >= 15 is 4.39 Å². The van der Waals surface area contributed by atoms with Crippen LogP contribution in [-0.4, -0.2) is 48.8 Å². The van der Waals surface area contributed by atoms with Crippen LogP contribution in [0.5, 0.6) is 11.5 Å². The van der Waals surface area contributed by atoms with Gasteiger partial charge in [0.15, 0.2) is 11.4 Å². The summed E-state index contributed by atoms with van der Waals surface area (Å²) >= 11 is 6.87. The summed E-state index contributed by atoms with van der Waals surface area (Å²) in [6.07, 6.45) is 4.30. The van der Waals surface area contributed by atoms with Crippen LogP contribution in [0.1, 0.15) is 50.4 Å². The van der Waals surface area contributed by atoms with E-state index in [0.29, 0.717) is 41.4 Å². The summed E-state index contributed by atoms with van der Waals surface area (Å²) in [5.41, 5.74) is 1.05. The molecule has 0 amide bonds. The molecule has 0 radical (unpaired) electrons. The van der Waals surface area contributed by atoms with E-state index < -0.39 is 11.5 Å². The van der Waals surface area contributed by atoms with Crippen molar-refractivity contribution in [2.24, 2.45) is 0 Å². The molecule has 4 aromatic rings. The minimum atomic E-state index is -0.706. The van der Waals surface area contributed by atoms with Gasteiger partial charge in [-0.15, -0.1) is 0 Å². The lowest BCUT2D eigenvalue weighted by atomic mass is 10.0. The van der Waals surface area contributed by atoms with Gasteiger partial charge in [0.05, 0.1) is 28.7 Å². The SMILES string of the molecule is Cc1ncnc(C(C)C)c1-n1c(=O)nc2c3c(c(Cl)c(-c4c(O)cccc4F)nc31)OC[C@H]1CCCCN21. The fourth-order valence-corrected chi connectivity index (χ4v) is 5.74. The normalized spacial score (nSPS) is 16.9. The van der Waals surface area contributed by atoms with Crippen LogP contribution in [0.3, 0.4) is 0 Å². The Balaban J connectivity index is 1.80. The maximum atomic E-state index is 15.1. The second-order valence-electron chi connectivity index (χ2n) is 9.99. The first-order valence-corrected chi connectivity index (χ1v) is 13.0. The highest BCUT2D eigenvalue weighted by Gasteiger charge is 2.35. The second kappa shape index (κ2) is 9.20. The van der Waals surface area contributed by atoms with Crippen LogP contribution in [-0.2, 0) is 0 Å². The zero-order valence-electron chi connectivity index (χ0n) is 21.2. The van der Waals surface area contributed by atoms with Gasteiger partial charge in [0, 0.05) is 6.54 Å². The molecule has 38 heavy (non-hydrogen) atoms. The van der Waals surface area contributed by atoms with Crippen molar-refractivity contribution in [3.8, 4) is 28.4 Å². The molecule has 5 heterocycles. The molecule has 0 bridgehead atoms. The molecule has 0 saturated carbocycles. The lowest BCUT2D eigenvalue weighted by Gasteiger charge is -2.34. The van der Waals surface area contributed by atoms with E-state index in [4.69, 9.17) is 21.3 Å². The number of anilines is 1. The average Bonchev–Trinajstić information content (AvgIpc) is 3.05. The Hall–Kier alpha value is -3.79. The van der Waals surface area contributed by atoms with Gasteiger partial charge < -0.3 is 14.7 Å². The minimum absolute atomic E-state index is 0.00324. The van der Waals surface area contributed by atoms with Gasteiger partial charge in [-0.3, -0.25) is 0 Å².